The largest absolute Gasteiger partial charge is 0.306 e. The highest BCUT2D eigenvalue weighted by Gasteiger charge is 2.18. The molecular weight excluding hydrogens is 460 g/mol. The van der Waals surface area contributed by atoms with Crippen LogP contribution in [0.2, 0.25) is 5.02 Å². The number of rotatable bonds is 7. The van der Waals surface area contributed by atoms with Crippen LogP contribution in [0.15, 0.2) is 48.4 Å². The van der Waals surface area contributed by atoms with Crippen molar-refractivity contribution in [2.24, 2.45) is 0 Å². The van der Waals surface area contributed by atoms with Crippen LogP contribution in [0.4, 0.5) is 5.82 Å². The normalized spacial score (nSPS) is 11.4. The fraction of sp³-hybridized carbons (Fsp3) is 0.227. The molecule has 0 bridgehead atoms. The predicted molar refractivity (Wildman–Crippen MR) is 128 cm³/mol. The van der Waals surface area contributed by atoms with Crippen LogP contribution in [-0.4, -0.2) is 40.2 Å². The summed E-state index contributed by atoms with van der Waals surface area (Å²) in [6, 6.07) is 6.05. The van der Waals surface area contributed by atoms with Gasteiger partial charge in [0.05, 0.1) is 23.8 Å². The van der Waals surface area contributed by atoms with E-state index in [0.29, 0.717) is 23.0 Å². The molecule has 1 N–H and O–H groups in total. The molecule has 0 spiro atoms. The first kappa shape index (κ1) is 21.4. The van der Waals surface area contributed by atoms with Gasteiger partial charge in [-0.05, 0) is 31.4 Å². The van der Waals surface area contributed by atoms with Gasteiger partial charge in [-0.2, -0.15) is 15.3 Å². The van der Waals surface area contributed by atoms with Crippen molar-refractivity contribution in [3.05, 3.63) is 64.6 Å². The SMILES string of the molecule is CCn1cc(Cn2cc(Cl)c(NC(=O)Cn3nc(C)c4c(-c5cccs5)ccnc43)n2)cn1. The summed E-state index contributed by atoms with van der Waals surface area (Å²) in [5.41, 5.74) is 3.55. The molecule has 0 unspecified atom stereocenters. The highest BCUT2D eigenvalue weighted by molar-refractivity contribution is 7.13. The molecule has 5 aromatic rings. The van der Waals surface area contributed by atoms with Crippen LogP contribution in [0, 0.1) is 6.92 Å². The van der Waals surface area contributed by atoms with Gasteiger partial charge in [-0.1, -0.05) is 17.7 Å². The summed E-state index contributed by atoms with van der Waals surface area (Å²) in [6.45, 7) is 5.25. The molecule has 0 saturated heterocycles. The average Bonchev–Trinajstić information content (AvgIpc) is 3.58. The molecule has 33 heavy (non-hydrogen) atoms. The fourth-order valence-electron chi connectivity index (χ4n) is 3.75. The zero-order chi connectivity index (χ0) is 22.9. The Morgan fingerprint density at radius 3 is 2.85 bits per heavy atom. The Morgan fingerprint density at radius 1 is 1.21 bits per heavy atom. The summed E-state index contributed by atoms with van der Waals surface area (Å²) in [5, 5.41) is 19.4. The Bertz CT molecular complexity index is 1430. The Labute approximate surface area is 198 Å². The minimum Gasteiger partial charge on any atom is -0.306 e. The topological polar surface area (TPSA) is 95.5 Å². The summed E-state index contributed by atoms with van der Waals surface area (Å²) in [7, 11) is 0. The summed E-state index contributed by atoms with van der Waals surface area (Å²) in [5.74, 6) is 0.0265. The highest BCUT2D eigenvalue weighted by atomic mass is 35.5. The molecule has 0 aromatic carbocycles. The number of thiophene rings is 1. The van der Waals surface area contributed by atoms with Crippen molar-refractivity contribution in [2.45, 2.75) is 33.5 Å². The fourth-order valence-corrected chi connectivity index (χ4v) is 4.70. The number of hydrogen-bond donors (Lipinski definition) is 1. The van der Waals surface area contributed by atoms with E-state index in [2.05, 4.69) is 31.7 Å². The van der Waals surface area contributed by atoms with E-state index in [9.17, 15) is 4.79 Å². The second-order valence-electron chi connectivity index (χ2n) is 7.55. The third kappa shape index (κ3) is 4.27. The molecule has 9 nitrogen and oxygen atoms in total. The van der Waals surface area contributed by atoms with Crippen LogP contribution < -0.4 is 5.32 Å². The minimum atomic E-state index is -0.284. The number of carbonyl (C=O) groups excluding carboxylic acids is 1. The summed E-state index contributed by atoms with van der Waals surface area (Å²) >= 11 is 7.97. The smallest absolute Gasteiger partial charge is 0.247 e. The van der Waals surface area contributed by atoms with E-state index in [1.54, 1.807) is 39.3 Å². The van der Waals surface area contributed by atoms with Crippen molar-refractivity contribution >= 4 is 45.7 Å². The van der Waals surface area contributed by atoms with Crippen LogP contribution in [0.25, 0.3) is 21.5 Å². The van der Waals surface area contributed by atoms with Gasteiger partial charge in [0.2, 0.25) is 5.91 Å². The van der Waals surface area contributed by atoms with Crippen molar-refractivity contribution in [2.75, 3.05) is 5.32 Å². The zero-order valence-electron chi connectivity index (χ0n) is 18.1. The van der Waals surface area contributed by atoms with Gasteiger partial charge >= 0.3 is 0 Å². The molecule has 5 aromatic heterocycles. The Balaban J connectivity index is 1.33. The third-order valence-electron chi connectivity index (χ3n) is 5.22. The second-order valence-corrected chi connectivity index (χ2v) is 8.91. The molecule has 0 aliphatic heterocycles. The number of nitrogens with one attached hydrogen (secondary N) is 1. The predicted octanol–water partition coefficient (Wildman–Crippen LogP) is 4.22. The van der Waals surface area contributed by atoms with E-state index in [-0.39, 0.29) is 12.5 Å². The summed E-state index contributed by atoms with van der Waals surface area (Å²) in [6.07, 6.45) is 7.17. The van der Waals surface area contributed by atoms with Gasteiger partial charge in [-0.25, -0.2) is 9.67 Å². The Kier molecular flexibility index (Phi) is 5.69. The van der Waals surface area contributed by atoms with Gasteiger partial charge in [0.25, 0.3) is 0 Å². The maximum absolute atomic E-state index is 12.8. The molecular formula is C22H21ClN8OS. The molecule has 0 aliphatic carbocycles. The van der Waals surface area contributed by atoms with Gasteiger partial charge < -0.3 is 5.32 Å². The number of aromatic nitrogens is 7. The van der Waals surface area contributed by atoms with E-state index in [1.807, 2.05) is 42.2 Å². The van der Waals surface area contributed by atoms with Gasteiger partial charge in [-0.15, -0.1) is 11.3 Å². The lowest BCUT2D eigenvalue weighted by Crippen LogP contribution is -2.20. The van der Waals surface area contributed by atoms with E-state index in [1.165, 1.54) is 0 Å². The molecule has 0 aliphatic rings. The number of carbonyl (C=O) groups is 1. The van der Waals surface area contributed by atoms with Gasteiger partial charge in [0, 0.05) is 41.1 Å². The van der Waals surface area contributed by atoms with Crippen LogP contribution in [0.1, 0.15) is 18.2 Å². The summed E-state index contributed by atoms with van der Waals surface area (Å²) < 4.78 is 5.13. The lowest BCUT2D eigenvalue weighted by Gasteiger charge is -2.05. The molecule has 0 fully saturated rings. The number of amides is 1. The summed E-state index contributed by atoms with van der Waals surface area (Å²) in [4.78, 5) is 18.4. The molecule has 0 atom stereocenters. The number of pyridine rings is 1. The van der Waals surface area contributed by atoms with E-state index < -0.39 is 0 Å². The zero-order valence-corrected chi connectivity index (χ0v) is 19.6. The molecule has 1 amide bonds. The second kappa shape index (κ2) is 8.80. The van der Waals surface area contributed by atoms with Crippen LogP contribution in [0.5, 0.6) is 0 Å². The van der Waals surface area contributed by atoms with Crippen molar-refractivity contribution in [3.8, 4) is 10.4 Å². The van der Waals surface area contributed by atoms with Gasteiger partial charge in [0.15, 0.2) is 11.5 Å². The molecule has 5 heterocycles. The monoisotopic (exact) mass is 480 g/mol. The van der Waals surface area contributed by atoms with Gasteiger partial charge in [-0.3, -0.25) is 14.2 Å². The number of aryl methyl sites for hydroxylation is 2. The van der Waals surface area contributed by atoms with Crippen molar-refractivity contribution in [3.63, 3.8) is 0 Å². The Morgan fingerprint density at radius 2 is 2.09 bits per heavy atom. The minimum absolute atomic E-state index is 0.00229. The van der Waals surface area contributed by atoms with Crippen LogP contribution >= 0.6 is 22.9 Å². The quantitative estimate of drug-likeness (QED) is 0.376. The maximum Gasteiger partial charge on any atom is 0.247 e. The number of fused-ring (bicyclic) bond motifs is 1. The molecule has 11 heteroatoms. The van der Waals surface area contributed by atoms with E-state index in [4.69, 9.17) is 11.6 Å². The maximum atomic E-state index is 12.8. The van der Waals surface area contributed by atoms with Crippen LogP contribution in [0.3, 0.4) is 0 Å². The van der Waals surface area contributed by atoms with Gasteiger partial charge in [0.1, 0.15) is 11.6 Å². The van der Waals surface area contributed by atoms with Crippen molar-refractivity contribution in [1.82, 2.24) is 34.3 Å². The molecule has 5 rings (SSSR count). The average molecular weight is 481 g/mol. The molecule has 168 valence electrons. The number of halogens is 1. The third-order valence-corrected chi connectivity index (χ3v) is 6.40. The molecule has 0 saturated carbocycles. The molecule has 0 radical (unpaired) electrons. The highest BCUT2D eigenvalue weighted by Crippen LogP contribution is 2.32. The van der Waals surface area contributed by atoms with Crippen molar-refractivity contribution < 1.29 is 4.79 Å². The number of nitrogens with zero attached hydrogens (tertiary/aromatic N) is 7. The number of hydrogen-bond acceptors (Lipinski definition) is 6. The lowest BCUT2D eigenvalue weighted by molar-refractivity contribution is -0.116. The first-order valence-corrected chi connectivity index (χ1v) is 11.7. The van der Waals surface area contributed by atoms with E-state index in [0.717, 1.165) is 33.6 Å². The van der Waals surface area contributed by atoms with Crippen LogP contribution in [-0.2, 0) is 24.4 Å². The van der Waals surface area contributed by atoms with E-state index >= 15 is 0 Å². The Hall–Kier alpha value is -3.50. The first-order chi connectivity index (χ1) is 16.0. The number of anilines is 1. The standard InChI is InChI=1S/C22H21ClN8OS/c1-3-29-10-15(9-25-29)11-30-12-17(23)21(28-30)26-19(32)13-31-22-20(14(2)27-31)16(6-7-24-22)18-5-4-8-33-18/h4-10,12H,3,11,13H2,1-2H3,(H,26,28,32). The first-order valence-electron chi connectivity index (χ1n) is 10.4. The van der Waals surface area contributed by atoms with Crippen molar-refractivity contribution in [1.29, 1.82) is 0 Å². The lowest BCUT2D eigenvalue weighted by atomic mass is 10.1.